The first-order chi connectivity index (χ1) is 15.4. The highest BCUT2D eigenvalue weighted by molar-refractivity contribution is 6.00. The summed E-state index contributed by atoms with van der Waals surface area (Å²) in [6.45, 7) is 2.63. The van der Waals surface area contributed by atoms with Gasteiger partial charge in [0.1, 0.15) is 18.4 Å². The molecule has 1 atom stereocenters. The molecule has 1 aromatic carbocycles. The van der Waals surface area contributed by atoms with E-state index in [4.69, 9.17) is 4.74 Å². The van der Waals surface area contributed by atoms with E-state index in [1.54, 1.807) is 25.2 Å². The normalized spacial score (nSPS) is 16.0. The van der Waals surface area contributed by atoms with Crippen LogP contribution in [0.5, 0.6) is 0 Å². The molecule has 8 nitrogen and oxygen atoms in total. The summed E-state index contributed by atoms with van der Waals surface area (Å²) in [5.41, 5.74) is 1.53. The van der Waals surface area contributed by atoms with Crippen LogP contribution in [0.1, 0.15) is 63.5 Å². The molecule has 1 aliphatic rings. The van der Waals surface area contributed by atoms with Gasteiger partial charge in [0.05, 0.1) is 23.2 Å². The third kappa shape index (κ3) is 5.35. The number of hydrogen-bond acceptors (Lipinski definition) is 5. The van der Waals surface area contributed by atoms with E-state index in [1.807, 2.05) is 0 Å². The standard InChI is InChI=1S/C24H29N3O5/c1-3-4-5-10-18(28)14-16-32-15-7-9-17-8-6-11-19-22(17)26(2)24(31)27(19)20-12-13-21(29)25-23(20)30/h6,8,11,20H,3-5,10,12-16H2,1-2H3,(H,25,29,30). The van der Waals surface area contributed by atoms with E-state index >= 15 is 0 Å². The van der Waals surface area contributed by atoms with Crippen molar-refractivity contribution < 1.29 is 19.1 Å². The van der Waals surface area contributed by atoms with Crippen LogP contribution in [0.25, 0.3) is 11.0 Å². The van der Waals surface area contributed by atoms with Crippen LogP contribution in [0.3, 0.4) is 0 Å². The molecule has 3 rings (SSSR count). The van der Waals surface area contributed by atoms with Crippen molar-refractivity contribution in [2.24, 2.45) is 7.05 Å². The zero-order valence-electron chi connectivity index (χ0n) is 18.6. The second kappa shape index (κ2) is 10.9. The zero-order valence-corrected chi connectivity index (χ0v) is 18.6. The maximum Gasteiger partial charge on any atom is 0.329 e. The van der Waals surface area contributed by atoms with Gasteiger partial charge in [0.15, 0.2) is 0 Å². The molecule has 1 fully saturated rings. The topological polar surface area (TPSA) is 99.4 Å². The number of nitrogens with one attached hydrogen (secondary N) is 1. The van der Waals surface area contributed by atoms with E-state index < -0.39 is 11.9 Å². The Morgan fingerprint density at radius 2 is 2.03 bits per heavy atom. The summed E-state index contributed by atoms with van der Waals surface area (Å²) in [5.74, 6) is 5.39. The van der Waals surface area contributed by atoms with Gasteiger partial charge in [0.25, 0.3) is 0 Å². The molecule has 2 heterocycles. The van der Waals surface area contributed by atoms with Gasteiger partial charge in [-0.2, -0.15) is 0 Å². The average Bonchev–Trinajstić information content (AvgIpc) is 3.02. The van der Waals surface area contributed by atoms with Crippen molar-refractivity contribution in [1.29, 1.82) is 0 Å². The Bertz CT molecular complexity index is 1130. The van der Waals surface area contributed by atoms with Gasteiger partial charge in [-0.25, -0.2) is 4.79 Å². The largest absolute Gasteiger partial charge is 0.368 e. The lowest BCUT2D eigenvalue weighted by Gasteiger charge is -2.21. The molecule has 1 saturated heterocycles. The van der Waals surface area contributed by atoms with Crippen molar-refractivity contribution in [2.75, 3.05) is 13.2 Å². The van der Waals surface area contributed by atoms with Crippen LogP contribution in [0.2, 0.25) is 0 Å². The number of ether oxygens (including phenoxy) is 1. The Kier molecular flexibility index (Phi) is 8.01. The number of imide groups is 1. The Morgan fingerprint density at radius 1 is 1.22 bits per heavy atom. The number of carbonyl (C=O) groups is 3. The van der Waals surface area contributed by atoms with Crippen LogP contribution in [0.4, 0.5) is 0 Å². The van der Waals surface area contributed by atoms with Crippen molar-refractivity contribution in [3.63, 3.8) is 0 Å². The summed E-state index contributed by atoms with van der Waals surface area (Å²) in [6, 6.07) is 4.63. The number of carbonyl (C=O) groups excluding carboxylic acids is 3. The number of rotatable bonds is 9. The number of piperidine rings is 1. The van der Waals surface area contributed by atoms with Gasteiger partial charge in [0.2, 0.25) is 11.8 Å². The van der Waals surface area contributed by atoms with Gasteiger partial charge in [-0.3, -0.25) is 28.8 Å². The lowest BCUT2D eigenvalue weighted by molar-refractivity contribution is -0.135. The van der Waals surface area contributed by atoms with Crippen molar-refractivity contribution >= 4 is 28.6 Å². The number of Topliss-reactive ketones (excluding diaryl/α,β-unsaturated/α-hetero) is 1. The van der Waals surface area contributed by atoms with Gasteiger partial charge in [-0.05, 0) is 25.0 Å². The van der Waals surface area contributed by atoms with Crippen LogP contribution in [0.15, 0.2) is 23.0 Å². The third-order valence-electron chi connectivity index (χ3n) is 5.61. The number of unbranched alkanes of at least 4 members (excludes halogenated alkanes) is 2. The number of benzene rings is 1. The first kappa shape index (κ1) is 23.5. The summed E-state index contributed by atoms with van der Waals surface area (Å²) in [4.78, 5) is 48.5. The minimum Gasteiger partial charge on any atom is -0.368 e. The van der Waals surface area contributed by atoms with Crippen LogP contribution in [0, 0.1) is 11.8 Å². The number of hydrogen-bond donors (Lipinski definition) is 1. The molecule has 8 heteroatoms. The molecule has 2 aromatic rings. The number of ketones is 1. The molecule has 0 saturated carbocycles. The second-order valence-corrected chi connectivity index (χ2v) is 7.95. The third-order valence-corrected chi connectivity index (χ3v) is 5.61. The summed E-state index contributed by atoms with van der Waals surface area (Å²) in [5, 5.41) is 2.30. The molecule has 0 aliphatic carbocycles. The lowest BCUT2D eigenvalue weighted by Crippen LogP contribution is -2.44. The molecule has 2 amide bonds. The number of amides is 2. The van der Waals surface area contributed by atoms with Crippen LogP contribution in [-0.2, 0) is 26.2 Å². The van der Waals surface area contributed by atoms with E-state index in [9.17, 15) is 19.2 Å². The molecule has 1 unspecified atom stereocenters. The maximum atomic E-state index is 12.9. The van der Waals surface area contributed by atoms with E-state index in [1.165, 1.54) is 9.13 Å². The van der Waals surface area contributed by atoms with E-state index in [-0.39, 0.29) is 36.8 Å². The Morgan fingerprint density at radius 3 is 2.78 bits per heavy atom. The molecule has 1 N–H and O–H groups in total. The minimum absolute atomic E-state index is 0.181. The predicted octanol–water partition coefficient (Wildman–Crippen LogP) is 2.23. The van der Waals surface area contributed by atoms with Crippen LogP contribution >= 0.6 is 0 Å². The fraction of sp³-hybridized carbons (Fsp3) is 0.500. The summed E-state index contributed by atoms with van der Waals surface area (Å²) in [6.07, 6.45) is 4.55. The highest BCUT2D eigenvalue weighted by Crippen LogP contribution is 2.24. The van der Waals surface area contributed by atoms with Crippen molar-refractivity contribution in [3.8, 4) is 11.8 Å². The quantitative estimate of drug-likeness (QED) is 0.367. The molecule has 1 aromatic heterocycles. The van der Waals surface area contributed by atoms with Crippen LogP contribution < -0.4 is 11.0 Å². The average molecular weight is 440 g/mol. The number of fused-ring (bicyclic) bond motifs is 1. The van der Waals surface area contributed by atoms with E-state index in [0.717, 1.165) is 19.3 Å². The summed E-state index contributed by atoms with van der Waals surface area (Å²) >= 11 is 0. The molecular weight excluding hydrogens is 410 g/mol. The van der Waals surface area contributed by atoms with Gasteiger partial charge in [-0.15, -0.1) is 0 Å². The molecule has 170 valence electrons. The van der Waals surface area contributed by atoms with Gasteiger partial charge in [-0.1, -0.05) is 37.7 Å². The number of aromatic nitrogens is 2. The number of aryl methyl sites for hydroxylation is 1. The fourth-order valence-corrected chi connectivity index (χ4v) is 3.91. The number of para-hydroxylation sites is 1. The predicted molar refractivity (Wildman–Crippen MR) is 120 cm³/mol. The maximum absolute atomic E-state index is 12.9. The molecule has 0 spiro atoms. The molecular formula is C24H29N3O5. The van der Waals surface area contributed by atoms with Crippen LogP contribution in [-0.4, -0.2) is 39.9 Å². The van der Waals surface area contributed by atoms with Gasteiger partial charge in [0, 0.05) is 26.3 Å². The van der Waals surface area contributed by atoms with Crippen molar-refractivity contribution in [3.05, 3.63) is 34.2 Å². The van der Waals surface area contributed by atoms with Gasteiger partial charge >= 0.3 is 5.69 Å². The minimum atomic E-state index is -0.731. The zero-order chi connectivity index (χ0) is 23.1. The molecule has 0 bridgehead atoms. The highest BCUT2D eigenvalue weighted by Gasteiger charge is 2.31. The Balaban J connectivity index is 1.69. The van der Waals surface area contributed by atoms with E-state index in [0.29, 0.717) is 36.0 Å². The van der Waals surface area contributed by atoms with Crippen molar-refractivity contribution in [1.82, 2.24) is 14.5 Å². The Hall–Kier alpha value is -3.18. The SMILES string of the molecule is CCCCCC(=O)CCOCC#Cc1cccc2c1n(C)c(=O)n2C1CCC(=O)NC1=O. The first-order valence-electron chi connectivity index (χ1n) is 11.1. The lowest BCUT2D eigenvalue weighted by atomic mass is 10.1. The van der Waals surface area contributed by atoms with E-state index in [2.05, 4.69) is 24.1 Å². The smallest absolute Gasteiger partial charge is 0.329 e. The highest BCUT2D eigenvalue weighted by atomic mass is 16.5. The first-order valence-corrected chi connectivity index (χ1v) is 11.1. The van der Waals surface area contributed by atoms with Crippen molar-refractivity contribution in [2.45, 2.75) is 57.9 Å². The summed E-state index contributed by atoms with van der Waals surface area (Å²) in [7, 11) is 1.64. The Labute approximate surface area is 186 Å². The monoisotopic (exact) mass is 439 g/mol. The molecule has 1 aliphatic heterocycles. The fourth-order valence-electron chi connectivity index (χ4n) is 3.91. The molecule has 0 radical (unpaired) electrons. The number of nitrogens with zero attached hydrogens (tertiary/aromatic N) is 2. The number of imidazole rings is 1. The van der Waals surface area contributed by atoms with Gasteiger partial charge < -0.3 is 4.74 Å². The molecule has 32 heavy (non-hydrogen) atoms. The second-order valence-electron chi connectivity index (χ2n) is 7.95. The summed E-state index contributed by atoms with van der Waals surface area (Å²) < 4.78 is 8.37.